The summed E-state index contributed by atoms with van der Waals surface area (Å²) in [7, 11) is 0. The van der Waals surface area contributed by atoms with Gasteiger partial charge in [0.25, 0.3) is 0 Å². The van der Waals surface area contributed by atoms with Crippen LogP contribution in [0, 0.1) is 6.92 Å². The Morgan fingerprint density at radius 2 is 1.68 bits per heavy atom. The van der Waals surface area contributed by atoms with Crippen molar-refractivity contribution in [2.45, 2.75) is 37.6 Å². The average Bonchev–Trinajstić information content (AvgIpc) is 2.42. The Labute approximate surface area is 111 Å². The number of hydrogen-bond acceptors (Lipinski definition) is 6. The second-order valence-electron chi connectivity index (χ2n) is 4.76. The molecular formula is C13H19NO5. The van der Waals surface area contributed by atoms with Gasteiger partial charge in [-0.05, 0) is 19.1 Å². The monoisotopic (exact) mass is 269 g/mol. The molecule has 6 heteroatoms. The third-order valence-electron chi connectivity index (χ3n) is 3.25. The van der Waals surface area contributed by atoms with Crippen LogP contribution in [0.5, 0.6) is 0 Å². The Balaban J connectivity index is 2.08. The lowest BCUT2D eigenvalue weighted by Crippen LogP contribution is -2.60. The summed E-state index contributed by atoms with van der Waals surface area (Å²) in [4.78, 5) is 0. The van der Waals surface area contributed by atoms with Crippen LogP contribution in [-0.4, -0.2) is 57.7 Å². The number of ether oxygens (including phenoxy) is 1. The molecule has 0 aromatic heterocycles. The molecule has 5 N–H and O–H groups in total. The third-order valence-corrected chi connectivity index (χ3v) is 3.25. The summed E-state index contributed by atoms with van der Waals surface area (Å²) in [6, 6.07) is 7.42. The van der Waals surface area contributed by atoms with E-state index in [9.17, 15) is 15.3 Å². The van der Waals surface area contributed by atoms with Crippen LogP contribution in [0.2, 0.25) is 0 Å². The molecule has 0 radical (unpaired) electrons. The highest BCUT2D eigenvalue weighted by Gasteiger charge is 2.43. The van der Waals surface area contributed by atoms with Gasteiger partial charge >= 0.3 is 0 Å². The molecule has 0 aliphatic carbocycles. The topological polar surface area (TPSA) is 102 Å². The van der Waals surface area contributed by atoms with Gasteiger partial charge in [-0.2, -0.15) is 0 Å². The highest BCUT2D eigenvalue weighted by Crippen LogP contribution is 2.22. The number of nitrogens with one attached hydrogen (secondary N) is 1. The summed E-state index contributed by atoms with van der Waals surface area (Å²) in [5.41, 5.74) is 1.81. The Hall–Kier alpha value is -1.18. The number of aliphatic hydroxyl groups is 4. The fourth-order valence-electron chi connectivity index (χ4n) is 2.03. The zero-order valence-electron chi connectivity index (χ0n) is 10.6. The Kier molecular flexibility index (Phi) is 4.38. The second-order valence-corrected chi connectivity index (χ2v) is 4.76. The maximum atomic E-state index is 9.86. The van der Waals surface area contributed by atoms with E-state index in [0.717, 1.165) is 11.3 Å². The minimum absolute atomic E-state index is 0.434. The first kappa shape index (κ1) is 14.2. The molecule has 0 unspecified atom stereocenters. The predicted octanol–water partition coefficient (Wildman–Crippen LogP) is -0.793. The molecule has 0 amide bonds. The zero-order valence-corrected chi connectivity index (χ0v) is 10.6. The molecule has 2 rings (SSSR count). The van der Waals surface area contributed by atoms with Crippen molar-refractivity contribution in [2.75, 3.05) is 11.9 Å². The van der Waals surface area contributed by atoms with Crippen molar-refractivity contribution in [3.05, 3.63) is 29.8 Å². The van der Waals surface area contributed by atoms with Gasteiger partial charge in [-0.25, -0.2) is 0 Å². The summed E-state index contributed by atoms with van der Waals surface area (Å²) in [6.45, 7) is 1.52. The highest BCUT2D eigenvalue weighted by molar-refractivity contribution is 5.45. The van der Waals surface area contributed by atoms with Gasteiger partial charge in [0.15, 0.2) is 6.23 Å². The smallest absolute Gasteiger partial charge is 0.157 e. The van der Waals surface area contributed by atoms with Gasteiger partial charge in [0, 0.05) is 5.69 Å². The van der Waals surface area contributed by atoms with E-state index < -0.39 is 37.3 Å². The van der Waals surface area contributed by atoms with Gasteiger partial charge < -0.3 is 30.5 Å². The van der Waals surface area contributed by atoms with Crippen molar-refractivity contribution in [3.8, 4) is 0 Å². The SMILES string of the molecule is Cc1ccc(N[C@@H]2O[C@H](CO)[C@@H](O)[C@H](O)[C@H]2O)cc1. The van der Waals surface area contributed by atoms with Gasteiger partial charge in [0.1, 0.15) is 24.4 Å². The molecule has 0 saturated carbocycles. The van der Waals surface area contributed by atoms with Crippen molar-refractivity contribution in [3.63, 3.8) is 0 Å². The maximum absolute atomic E-state index is 9.86. The Bertz CT molecular complexity index is 408. The summed E-state index contributed by atoms with van der Waals surface area (Å²) < 4.78 is 5.34. The second kappa shape index (κ2) is 5.85. The summed E-state index contributed by atoms with van der Waals surface area (Å²) in [6.07, 6.45) is -5.77. The van der Waals surface area contributed by atoms with Crippen molar-refractivity contribution < 1.29 is 25.2 Å². The number of rotatable bonds is 3. The number of aliphatic hydroxyl groups excluding tert-OH is 4. The minimum atomic E-state index is -1.37. The van der Waals surface area contributed by atoms with E-state index in [4.69, 9.17) is 9.84 Å². The standard InChI is InChI=1S/C13H19NO5/c1-7-2-4-8(5-3-7)14-13-12(18)11(17)10(16)9(6-15)19-13/h2-5,9-18H,6H2,1H3/t9-,10-,11+,12-,13-/m1/s1. The third kappa shape index (κ3) is 3.05. The first-order valence-corrected chi connectivity index (χ1v) is 6.16. The van der Waals surface area contributed by atoms with Crippen molar-refractivity contribution in [1.29, 1.82) is 0 Å². The minimum Gasteiger partial charge on any atom is -0.394 e. The van der Waals surface area contributed by atoms with Crippen LogP contribution in [-0.2, 0) is 4.74 Å². The van der Waals surface area contributed by atoms with Gasteiger partial charge in [-0.1, -0.05) is 17.7 Å². The van der Waals surface area contributed by atoms with E-state index >= 15 is 0 Å². The fourth-order valence-corrected chi connectivity index (χ4v) is 2.03. The summed E-state index contributed by atoms with van der Waals surface area (Å²) >= 11 is 0. The maximum Gasteiger partial charge on any atom is 0.157 e. The lowest BCUT2D eigenvalue weighted by atomic mass is 9.98. The first-order chi connectivity index (χ1) is 9.02. The molecule has 1 aromatic carbocycles. The quantitative estimate of drug-likeness (QED) is 0.493. The lowest BCUT2D eigenvalue weighted by Gasteiger charge is -2.40. The number of aryl methyl sites for hydroxylation is 1. The molecule has 1 aliphatic rings. The van der Waals surface area contributed by atoms with Gasteiger partial charge in [0.2, 0.25) is 0 Å². The highest BCUT2D eigenvalue weighted by atomic mass is 16.6. The van der Waals surface area contributed by atoms with Crippen LogP contribution in [0.25, 0.3) is 0 Å². The van der Waals surface area contributed by atoms with Crippen molar-refractivity contribution >= 4 is 5.69 Å². The van der Waals surface area contributed by atoms with Crippen molar-refractivity contribution in [2.24, 2.45) is 0 Å². The summed E-state index contributed by atoms with van der Waals surface area (Å²) in [5, 5.41) is 41.2. The molecule has 0 bridgehead atoms. The van der Waals surface area contributed by atoms with E-state index in [1.807, 2.05) is 31.2 Å². The molecule has 6 nitrogen and oxygen atoms in total. The van der Waals surface area contributed by atoms with Gasteiger partial charge in [-0.3, -0.25) is 0 Å². The largest absolute Gasteiger partial charge is 0.394 e. The Morgan fingerprint density at radius 3 is 2.26 bits per heavy atom. The molecule has 0 spiro atoms. The fraction of sp³-hybridized carbons (Fsp3) is 0.538. The van der Waals surface area contributed by atoms with E-state index in [1.165, 1.54) is 0 Å². The van der Waals surface area contributed by atoms with E-state index in [1.54, 1.807) is 0 Å². The van der Waals surface area contributed by atoms with E-state index in [-0.39, 0.29) is 0 Å². The van der Waals surface area contributed by atoms with Gasteiger partial charge in [-0.15, -0.1) is 0 Å². The molecule has 1 saturated heterocycles. The van der Waals surface area contributed by atoms with E-state index in [0.29, 0.717) is 0 Å². The molecule has 1 heterocycles. The Morgan fingerprint density at radius 1 is 1.05 bits per heavy atom. The normalized spacial score (nSPS) is 35.1. The average molecular weight is 269 g/mol. The number of anilines is 1. The van der Waals surface area contributed by atoms with Crippen LogP contribution in [0.15, 0.2) is 24.3 Å². The van der Waals surface area contributed by atoms with Crippen LogP contribution >= 0.6 is 0 Å². The molecule has 1 aliphatic heterocycles. The molecule has 5 atom stereocenters. The first-order valence-electron chi connectivity index (χ1n) is 6.16. The van der Waals surface area contributed by atoms with Crippen LogP contribution < -0.4 is 5.32 Å². The molecule has 1 aromatic rings. The molecule has 1 fully saturated rings. The predicted molar refractivity (Wildman–Crippen MR) is 68.6 cm³/mol. The molecular weight excluding hydrogens is 250 g/mol. The van der Waals surface area contributed by atoms with Gasteiger partial charge in [0.05, 0.1) is 6.61 Å². The lowest BCUT2D eigenvalue weighted by molar-refractivity contribution is -0.221. The van der Waals surface area contributed by atoms with E-state index in [2.05, 4.69) is 5.32 Å². The number of hydrogen-bond donors (Lipinski definition) is 5. The molecule has 19 heavy (non-hydrogen) atoms. The summed E-state index contributed by atoms with van der Waals surface area (Å²) in [5.74, 6) is 0. The molecule has 106 valence electrons. The van der Waals surface area contributed by atoms with Crippen molar-refractivity contribution in [1.82, 2.24) is 0 Å². The number of benzene rings is 1. The van der Waals surface area contributed by atoms with Crippen LogP contribution in [0.3, 0.4) is 0 Å². The van der Waals surface area contributed by atoms with Crippen LogP contribution in [0.1, 0.15) is 5.56 Å². The zero-order chi connectivity index (χ0) is 14.0. The van der Waals surface area contributed by atoms with Crippen LogP contribution in [0.4, 0.5) is 5.69 Å².